The number of fused-ring (bicyclic) bond motifs is 1. The van der Waals surface area contributed by atoms with Crippen LogP contribution in [0.3, 0.4) is 0 Å². The highest BCUT2D eigenvalue weighted by Gasteiger charge is 2.21. The van der Waals surface area contributed by atoms with Crippen molar-refractivity contribution >= 4 is 25.9 Å². The zero-order valence-corrected chi connectivity index (χ0v) is 13.2. The molecular formula is C14H12NO8P. The van der Waals surface area contributed by atoms with Crippen molar-refractivity contribution in [2.24, 2.45) is 0 Å². The van der Waals surface area contributed by atoms with Crippen LogP contribution < -0.4 is 16.2 Å². The van der Waals surface area contributed by atoms with Crippen molar-refractivity contribution in [1.29, 1.82) is 0 Å². The number of aromatic carboxylic acids is 1. The molecule has 1 heterocycles. The van der Waals surface area contributed by atoms with E-state index in [0.29, 0.717) is 0 Å². The number of aromatic nitrogens is 1. The predicted octanol–water partition coefficient (Wildman–Crippen LogP) is 0.0417. The highest BCUT2D eigenvalue weighted by Crippen LogP contribution is 2.38. The predicted molar refractivity (Wildman–Crippen MR) is 82.5 cm³/mol. The van der Waals surface area contributed by atoms with Crippen LogP contribution in [0.4, 0.5) is 0 Å². The molecule has 0 saturated heterocycles. The first-order valence-corrected chi connectivity index (χ1v) is 7.94. The van der Waals surface area contributed by atoms with Gasteiger partial charge < -0.3 is 14.0 Å². The van der Waals surface area contributed by atoms with E-state index in [1.54, 1.807) is 6.92 Å². The van der Waals surface area contributed by atoms with E-state index >= 15 is 0 Å². The molecule has 10 heteroatoms. The summed E-state index contributed by atoms with van der Waals surface area (Å²) in [6.07, 6.45) is 2.55. The molecule has 1 aliphatic heterocycles. The van der Waals surface area contributed by atoms with Gasteiger partial charge in [-0.15, -0.1) is 0 Å². The fourth-order valence-corrected chi connectivity index (χ4v) is 2.29. The van der Waals surface area contributed by atoms with E-state index in [-0.39, 0.29) is 22.2 Å². The molecule has 9 nitrogen and oxygen atoms in total. The van der Waals surface area contributed by atoms with Gasteiger partial charge in [-0.2, -0.15) is 0 Å². The molecule has 2 aliphatic rings. The van der Waals surface area contributed by atoms with E-state index < -0.39 is 30.5 Å². The molecule has 0 unspecified atom stereocenters. The molecule has 0 aromatic heterocycles. The number of hydrogen-bond donors (Lipinski definition) is 3. The number of phosphoric ester groups is 1. The third-order valence-corrected chi connectivity index (χ3v) is 3.29. The average Bonchev–Trinajstić information content (AvgIpc) is 2.43. The maximum atomic E-state index is 11.7. The molecule has 2 rings (SSSR count). The summed E-state index contributed by atoms with van der Waals surface area (Å²) in [4.78, 5) is 44.6. The second kappa shape index (κ2) is 6.40. The summed E-state index contributed by atoms with van der Waals surface area (Å²) in [6.45, 7) is 4.93. The molecule has 0 amide bonds. The molecule has 0 aromatic rings. The largest absolute Gasteiger partial charge is 0.524 e. The van der Waals surface area contributed by atoms with Crippen molar-refractivity contribution in [2.45, 2.75) is 6.92 Å². The minimum atomic E-state index is -4.81. The van der Waals surface area contributed by atoms with E-state index in [1.165, 1.54) is 12.1 Å². The third-order valence-electron chi connectivity index (χ3n) is 2.82. The average molecular weight is 353 g/mol. The number of nitrogens with zero attached hydrogens (tertiary/aromatic N) is 1. The molecule has 0 bridgehead atoms. The lowest BCUT2D eigenvalue weighted by Crippen LogP contribution is -2.31. The first-order chi connectivity index (χ1) is 11.1. The minimum Gasteiger partial charge on any atom is -0.477 e. The van der Waals surface area contributed by atoms with Crippen molar-refractivity contribution in [1.82, 2.24) is 4.98 Å². The standard InChI is InChI=1S/C14H12NO8P/c1-3-8-11(6-7(2)23-24(19,20)21)22-13-9(15-8)4-5-10(16)12(13)14(17)18/h3-6H,2H2,1H3,(H,17,18)(H2,19,20,21). The van der Waals surface area contributed by atoms with Gasteiger partial charge in [0.1, 0.15) is 16.8 Å². The van der Waals surface area contributed by atoms with Crippen LogP contribution in [0.2, 0.25) is 0 Å². The summed E-state index contributed by atoms with van der Waals surface area (Å²) in [5.41, 5.74) is -1.29. The Balaban J connectivity index is 2.80. The lowest BCUT2D eigenvalue weighted by atomic mass is 10.1. The fourth-order valence-electron chi connectivity index (χ4n) is 1.93. The van der Waals surface area contributed by atoms with Crippen LogP contribution >= 0.6 is 7.82 Å². The lowest BCUT2D eigenvalue weighted by Gasteiger charge is -2.08. The number of phosphoric acid groups is 1. The second-order valence-corrected chi connectivity index (χ2v) is 5.70. The van der Waals surface area contributed by atoms with Crippen molar-refractivity contribution in [3.63, 3.8) is 0 Å². The Morgan fingerprint density at radius 1 is 1.42 bits per heavy atom. The number of benzene rings is 1. The van der Waals surface area contributed by atoms with Gasteiger partial charge in [0, 0.05) is 6.08 Å². The summed E-state index contributed by atoms with van der Waals surface area (Å²) in [6, 6.07) is 2.37. The molecule has 3 N–H and O–H groups in total. The molecule has 1 aliphatic carbocycles. The molecule has 0 radical (unpaired) electrons. The summed E-state index contributed by atoms with van der Waals surface area (Å²) >= 11 is 0. The fraction of sp³-hybridized carbons (Fsp3) is 0.0714. The van der Waals surface area contributed by atoms with E-state index in [2.05, 4.69) is 16.1 Å². The van der Waals surface area contributed by atoms with E-state index in [1.807, 2.05) is 0 Å². The second-order valence-electron chi connectivity index (χ2n) is 4.54. The van der Waals surface area contributed by atoms with Crippen LogP contribution in [0.1, 0.15) is 17.3 Å². The molecule has 24 heavy (non-hydrogen) atoms. The number of carboxylic acids is 1. The van der Waals surface area contributed by atoms with E-state index in [9.17, 15) is 14.2 Å². The molecule has 0 spiro atoms. The number of rotatable bonds is 4. The van der Waals surface area contributed by atoms with Crippen LogP contribution in [-0.2, 0) is 9.09 Å². The number of allylic oxidation sites excluding steroid dienone is 1. The lowest BCUT2D eigenvalue weighted by molar-refractivity contribution is 0.0694. The van der Waals surface area contributed by atoms with Crippen LogP contribution in [0, 0.1) is 0 Å². The minimum absolute atomic E-state index is 0.0726. The molecule has 126 valence electrons. The summed E-state index contributed by atoms with van der Waals surface area (Å²) < 4.78 is 20.5. The smallest absolute Gasteiger partial charge is 0.477 e. The van der Waals surface area contributed by atoms with Crippen LogP contribution in [0.5, 0.6) is 0 Å². The Morgan fingerprint density at radius 2 is 2.08 bits per heavy atom. The first kappa shape index (κ1) is 17.6. The maximum absolute atomic E-state index is 11.7. The molecule has 0 saturated carbocycles. The normalized spacial score (nSPS) is 13.3. The Labute approximate surface area is 134 Å². The van der Waals surface area contributed by atoms with E-state index in [4.69, 9.17) is 19.3 Å². The van der Waals surface area contributed by atoms with Crippen LogP contribution in [0.15, 0.2) is 33.7 Å². The van der Waals surface area contributed by atoms with Gasteiger partial charge in [0.25, 0.3) is 0 Å². The topological polar surface area (TPSA) is 147 Å². The Hall–Kier alpha value is -2.74. The van der Waals surface area contributed by atoms with Gasteiger partial charge in [-0.25, -0.2) is 14.3 Å². The SMILES string of the molecule is C=C(C=c1oc2c(C(=O)O)c(=O)ccc-2nc1=CC)OP(=O)(O)O. The van der Waals surface area contributed by atoms with Crippen LogP contribution in [-0.4, -0.2) is 25.8 Å². The van der Waals surface area contributed by atoms with Crippen molar-refractivity contribution in [3.8, 4) is 11.5 Å². The van der Waals surface area contributed by atoms with Gasteiger partial charge in [0.2, 0.25) is 0 Å². The van der Waals surface area contributed by atoms with Gasteiger partial charge in [-0.1, -0.05) is 12.7 Å². The summed E-state index contributed by atoms with van der Waals surface area (Å²) in [5.74, 6) is -2.18. The van der Waals surface area contributed by atoms with Gasteiger partial charge in [-0.05, 0) is 19.1 Å². The van der Waals surface area contributed by atoms with Crippen molar-refractivity contribution < 1.29 is 33.2 Å². The Morgan fingerprint density at radius 3 is 2.62 bits per heavy atom. The quantitative estimate of drug-likeness (QED) is 0.512. The first-order valence-electron chi connectivity index (χ1n) is 6.41. The Kier molecular flexibility index (Phi) is 4.70. The van der Waals surface area contributed by atoms with Gasteiger partial charge in [-0.3, -0.25) is 14.6 Å². The summed E-state index contributed by atoms with van der Waals surface area (Å²) in [7, 11) is -4.81. The highest BCUT2D eigenvalue weighted by atomic mass is 31.2. The zero-order valence-electron chi connectivity index (χ0n) is 12.3. The highest BCUT2D eigenvalue weighted by molar-refractivity contribution is 7.46. The number of hydrogen-bond acceptors (Lipinski definition) is 6. The van der Waals surface area contributed by atoms with Crippen molar-refractivity contribution in [3.05, 3.63) is 51.0 Å². The summed E-state index contributed by atoms with van der Waals surface area (Å²) in [5, 5.41) is 9.41. The monoisotopic (exact) mass is 353 g/mol. The van der Waals surface area contributed by atoms with E-state index in [0.717, 1.165) is 12.1 Å². The maximum Gasteiger partial charge on any atom is 0.524 e. The molecular weight excluding hydrogens is 341 g/mol. The Bertz CT molecular complexity index is 1020. The number of carbonyl (C=O) groups is 1. The molecule has 0 fully saturated rings. The van der Waals surface area contributed by atoms with Gasteiger partial charge >= 0.3 is 13.8 Å². The molecule has 0 aromatic carbocycles. The zero-order chi connectivity index (χ0) is 18.1. The van der Waals surface area contributed by atoms with Gasteiger partial charge in [0.15, 0.2) is 22.2 Å². The van der Waals surface area contributed by atoms with Crippen molar-refractivity contribution in [2.75, 3.05) is 0 Å². The third kappa shape index (κ3) is 3.77. The van der Waals surface area contributed by atoms with Crippen LogP contribution in [0.25, 0.3) is 23.6 Å². The number of carboxylic acid groups (broad SMARTS) is 1. The van der Waals surface area contributed by atoms with Gasteiger partial charge in [0.05, 0.1) is 0 Å². The molecule has 0 atom stereocenters.